The number of hydrogen-bond donors (Lipinski definition) is 2. The van der Waals surface area contributed by atoms with Crippen molar-refractivity contribution in [3.63, 3.8) is 0 Å². The minimum Gasteiger partial charge on any atom is -0.461 e. The van der Waals surface area contributed by atoms with Crippen LogP contribution in [0.15, 0.2) is 35.4 Å². The molecular weight excluding hydrogens is 580 g/mol. The molecule has 3 N–H and O–H groups in total. The van der Waals surface area contributed by atoms with Crippen LogP contribution in [-0.4, -0.2) is 53.8 Å². The fourth-order valence-electron chi connectivity index (χ4n) is 4.88. The molecule has 2 atom stereocenters. The Morgan fingerprint density at radius 3 is 2.23 bits per heavy atom. The highest BCUT2D eigenvalue weighted by molar-refractivity contribution is 8.00. The maximum atomic E-state index is 13.0. The Morgan fingerprint density at radius 2 is 1.73 bits per heavy atom. The van der Waals surface area contributed by atoms with E-state index in [0.29, 0.717) is 59.9 Å². The third kappa shape index (κ3) is 8.64. The minimum atomic E-state index is -0.872. The van der Waals surface area contributed by atoms with E-state index in [-0.39, 0.29) is 11.5 Å². The Labute approximate surface area is 263 Å². The van der Waals surface area contributed by atoms with Gasteiger partial charge >= 0.3 is 12.1 Å². The molecular formula is C32H40N6O5S. The predicted octanol–water partition coefficient (Wildman–Crippen LogP) is 4.77. The molecule has 0 radical (unpaired) electrons. The normalized spacial score (nSPS) is 15.1. The van der Waals surface area contributed by atoms with Gasteiger partial charge in [0.05, 0.1) is 11.1 Å². The molecule has 2 aromatic rings. The van der Waals surface area contributed by atoms with Crippen molar-refractivity contribution in [3.05, 3.63) is 52.6 Å². The number of pyridine rings is 1. The van der Waals surface area contributed by atoms with Gasteiger partial charge in [0.15, 0.2) is 0 Å². The summed E-state index contributed by atoms with van der Waals surface area (Å²) in [5.41, 5.74) is 6.85. The average Bonchev–Trinajstić information content (AvgIpc) is 2.97. The lowest BCUT2D eigenvalue weighted by atomic mass is 10.0. The molecule has 1 saturated heterocycles. The molecule has 1 aromatic carbocycles. The van der Waals surface area contributed by atoms with Gasteiger partial charge in [-0.05, 0) is 44.2 Å². The average molecular weight is 621 g/mol. The fraction of sp³-hybridized carbons (Fsp3) is 0.500. The number of nitrogens with zero attached hydrogens (tertiary/aromatic N) is 4. The lowest BCUT2D eigenvalue weighted by Gasteiger charge is -2.34. The molecule has 234 valence electrons. The van der Waals surface area contributed by atoms with E-state index in [2.05, 4.69) is 17.5 Å². The van der Waals surface area contributed by atoms with E-state index in [1.54, 1.807) is 45.0 Å². The summed E-state index contributed by atoms with van der Waals surface area (Å²) in [7, 11) is 0. The number of benzene rings is 1. The van der Waals surface area contributed by atoms with Crippen LogP contribution in [0.4, 0.5) is 10.6 Å². The van der Waals surface area contributed by atoms with Crippen molar-refractivity contribution in [1.82, 2.24) is 10.3 Å². The molecule has 1 aliphatic rings. The number of ether oxygens (including phenoxy) is 2. The van der Waals surface area contributed by atoms with Crippen LogP contribution in [0.25, 0.3) is 0 Å². The maximum absolute atomic E-state index is 13.0. The van der Waals surface area contributed by atoms with Crippen LogP contribution >= 0.6 is 11.8 Å². The second kappa shape index (κ2) is 14.9. The van der Waals surface area contributed by atoms with Gasteiger partial charge in [0, 0.05) is 25.9 Å². The number of alkyl carbamates (subject to hydrolysis) is 1. The lowest BCUT2D eigenvalue weighted by Crippen LogP contribution is -2.49. The van der Waals surface area contributed by atoms with Crippen molar-refractivity contribution in [1.29, 1.82) is 10.5 Å². The van der Waals surface area contributed by atoms with Gasteiger partial charge in [-0.1, -0.05) is 62.9 Å². The molecule has 0 saturated carbocycles. The Kier molecular flexibility index (Phi) is 11.6. The molecule has 0 aliphatic carbocycles. The van der Waals surface area contributed by atoms with E-state index in [1.165, 1.54) is 0 Å². The van der Waals surface area contributed by atoms with Gasteiger partial charge in [0.25, 0.3) is 0 Å². The van der Waals surface area contributed by atoms with Crippen molar-refractivity contribution < 1.29 is 23.9 Å². The Bertz CT molecular complexity index is 1440. The molecule has 2 amide bonds. The number of rotatable bonds is 10. The molecule has 11 nitrogen and oxygen atoms in total. The first kappa shape index (κ1) is 34.2. The predicted molar refractivity (Wildman–Crippen MR) is 167 cm³/mol. The summed E-state index contributed by atoms with van der Waals surface area (Å²) < 4.78 is 11.1. The number of amides is 2. The second-order valence-electron chi connectivity index (χ2n) is 11.8. The van der Waals surface area contributed by atoms with Crippen LogP contribution in [0.5, 0.6) is 0 Å². The molecule has 0 bridgehead atoms. The summed E-state index contributed by atoms with van der Waals surface area (Å²) in [6.07, 6.45) is 0.253. The second-order valence-corrected chi connectivity index (χ2v) is 12.9. The lowest BCUT2D eigenvalue weighted by molar-refractivity contribution is -0.153. The minimum absolute atomic E-state index is 0.223. The number of nitrogens with one attached hydrogen (secondary N) is 1. The van der Waals surface area contributed by atoms with Crippen LogP contribution in [-0.2, 0) is 25.5 Å². The maximum Gasteiger partial charge on any atom is 0.408 e. The van der Waals surface area contributed by atoms with Gasteiger partial charge in [0.1, 0.15) is 46.0 Å². The Hall–Kier alpha value is -4.29. The fourth-order valence-corrected chi connectivity index (χ4v) is 5.94. The topological polar surface area (TPSA) is 171 Å². The van der Waals surface area contributed by atoms with Crippen LogP contribution in [0, 0.1) is 28.6 Å². The first-order chi connectivity index (χ1) is 20.8. The Morgan fingerprint density at radius 1 is 1.11 bits per heavy atom. The summed E-state index contributed by atoms with van der Waals surface area (Å²) in [5.74, 6) is -0.915. The highest BCUT2D eigenvalue weighted by atomic mass is 32.2. The van der Waals surface area contributed by atoms with E-state index in [1.807, 2.05) is 31.7 Å². The quantitative estimate of drug-likeness (QED) is 0.278. The summed E-state index contributed by atoms with van der Waals surface area (Å²) in [6.45, 7) is 11.6. The summed E-state index contributed by atoms with van der Waals surface area (Å²) >= 11 is 1.09. The van der Waals surface area contributed by atoms with Crippen molar-refractivity contribution >= 4 is 35.5 Å². The van der Waals surface area contributed by atoms with Gasteiger partial charge < -0.3 is 25.4 Å². The number of aromatic nitrogens is 1. The zero-order chi connectivity index (χ0) is 32.6. The number of nitriles is 2. The molecule has 2 heterocycles. The number of carbonyl (C=O) groups excluding carboxylic acids is 3. The number of primary amides is 1. The van der Waals surface area contributed by atoms with Crippen molar-refractivity contribution in [2.24, 2.45) is 11.7 Å². The largest absolute Gasteiger partial charge is 0.461 e. The van der Waals surface area contributed by atoms with Crippen molar-refractivity contribution in [2.75, 3.05) is 18.0 Å². The highest BCUT2D eigenvalue weighted by Gasteiger charge is 2.33. The molecule has 44 heavy (non-hydrogen) atoms. The Balaban J connectivity index is 1.82. The monoisotopic (exact) mass is 620 g/mol. The number of thioether (sulfide) groups is 1. The van der Waals surface area contributed by atoms with Crippen molar-refractivity contribution in [2.45, 2.75) is 88.8 Å². The number of carbonyl (C=O) groups is 3. The molecule has 0 spiro atoms. The molecule has 1 aromatic heterocycles. The first-order valence-electron chi connectivity index (χ1n) is 14.6. The van der Waals surface area contributed by atoms with E-state index in [4.69, 9.17) is 20.2 Å². The van der Waals surface area contributed by atoms with E-state index < -0.39 is 41.0 Å². The molecule has 12 heteroatoms. The third-order valence-corrected chi connectivity index (χ3v) is 8.29. The van der Waals surface area contributed by atoms with E-state index in [9.17, 15) is 24.9 Å². The number of anilines is 1. The molecule has 3 rings (SSSR count). The van der Waals surface area contributed by atoms with Crippen LogP contribution < -0.4 is 16.0 Å². The first-order valence-corrected chi connectivity index (χ1v) is 15.5. The van der Waals surface area contributed by atoms with Gasteiger partial charge in [-0.25, -0.2) is 14.6 Å². The summed E-state index contributed by atoms with van der Waals surface area (Å²) in [6, 6.07) is 12.6. The van der Waals surface area contributed by atoms with E-state index in [0.717, 1.165) is 11.8 Å². The SMILES string of the molecule is CCc1c(C#N)c(SC(C(N)=O)c2ccccc2)nc(N2CCC(OC(=O)[C@@H](NC(=O)OC(C)(C)C)C(C)C)CC2)c1C#N. The van der Waals surface area contributed by atoms with Gasteiger partial charge in [-0.3, -0.25) is 4.79 Å². The van der Waals surface area contributed by atoms with Gasteiger partial charge in [-0.2, -0.15) is 10.5 Å². The smallest absolute Gasteiger partial charge is 0.408 e. The van der Waals surface area contributed by atoms with Crippen LogP contribution in [0.1, 0.15) is 81.9 Å². The zero-order valence-corrected chi connectivity index (χ0v) is 26.9. The number of esters is 1. The number of hydrogen-bond acceptors (Lipinski definition) is 10. The van der Waals surface area contributed by atoms with Gasteiger partial charge in [-0.15, -0.1) is 0 Å². The van der Waals surface area contributed by atoms with E-state index >= 15 is 0 Å². The summed E-state index contributed by atoms with van der Waals surface area (Å²) in [5, 5.41) is 22.4. The molecule has 1 fully saturated rings. The standard InChI is InChI=1S/C32H40N6O5S/c1-7-22-23(17-33)28(37-29(24(22)18-34)44-26(27(35)39)20-11-9-8-10-12-20)38-15-13-21(14-16-38)42-30(40)25(19(2)3)36-31(41)43-32(4,5)6/h8-12,19,21,25-26H,7,13-16H2,1-6H3,(H2,35,39)(H,36,41)/t25-,26?/m0/s1. The van der Waals surface area contributed by atoms with Crippen LogP contribution in [0.2, 0.25) is 0 Å². The number of piperidine rings is 1. The van der Waals surface area contributed by atoms with Crippen LogP contribution in [0.3, 0.4) is 0 Å². The summed E-state index contributed by atoms with van der Waals surface area (Å²) in [4.78, 5) is 44.5. The van der Waals surface area contributed by atoms with Gasteiger partial charge in [0.2, 0.25) is 5.91 Å². The third-order valence-electron chi connectivity index (χ3n) is 7.03. The number of nitrogens with two attached hydrogens (primary N) is 1. The molecule has 1 aliphatic heterocycles. The molecule has 1 unspecified atom stereocenters. The zero-order valence-electron chi connectivity index (χ0n) is 26.0. The van der Waals surface area contributed by atoms with Crippen molar-refractivity contribution in [3.8, 4) is 12.1 Å². The highest BCUT2D eigenvalue weighted by Crippen LogP contribution is 2.40.